The van der Waals surface area contributed by atoms with Gasteiger partial charge in [-0.2, -0.15) is 4.80 Å². The van der Waals surface area contributed by atoms with Gasteiger partial charge in [-0.05, 0) is 23.8 Å². The first kappa shape index (κ1) is 10.7. The second-order valence-electron chi connectivity index (χ2n) is 3.63. The molecule has 84 valence electrons. The first-order valence-corrected chi connectivity index (χ1v) is 5.59. The molecule has 2 heterocycles. The molecule has 0 atom stereocenters. The van der Waals surface area contributed by atoms with E-state index in [1.807, 2.05) is 18.2 Å². The first-order valence-electron chi connectivity index (χ1n) is 5.59. The summed E-state index contributed by atoms with van der Waals surface area (Å²) < 4.78 is 0. The van der Waals surface area contributed by atoms with Crippen molar-refractivity contribution in [2.75, 3.05) is 0 Å². The highest BCUT2D eigenvalue weighted by Crippen LogP contribution is 2.08. The van der Waals surface area contributed by atoms with Crippen LogP contribution in [0.4, 0.5) is 0 Å². The minimum absolute atomic E-state index is 0.595. The van der Waals surface area contributed by atoms with Crippen molar-refractivity contribution in [2.24, 2.45) is 0 Å². The molecule has 16 heavy (non-hydrogen) atoms. The van der Waals surface area contributed by atoms with Crippen LogP contribution in [0.15, 0.2) is 24.4 Å². The summed E-state index contributed by atoms with van der Waals surface area (Å²) in [5.41, 5.74) is 0.768. The summed E-state index contributed by atoms with van der Waals surface area (Å²) in [6.07, 6.45) is 5.21. The van der Waals surface area contributed by atoms with Crippen LogP contribution in [0.3, 0.4) is 0 Å². The van der Waals surface area contributed by atoms with Crippen LogP contribution in [0.2, 0.25) is 0 Å². The molecule has 0 spiro atoms. The van der Waals surface area contributed by atoms with E-state index in [0.29, 0.717) is 5.82 Å². The first-order chi connectivity index (χ1) is 7.90. The molecule has 0 saturated heterocycles. The van der Waals surface area contributed by atoms with E-state index in [0.717, 1.165) is 18.7 Å². The minimum atomic E-state index is 0.595. The Balaban J connectivity index is 2.02. The summed E-state index contributed by atoms with van der Waals surface area (Å²) >= 11 is 0. The van der Waals surface area contributed by atoms with Crippen molar-refractivity contribution in [2.45, 2.75) is 32.7 Å². The monoisotopic (exact) mass is 217 g/mol. The fourth-order valence-electron chi connectivity index (χ4n) is 1.44. The van der Waals surface area contributed by atoms with Crippen LogP contribution in [0, 0.1) is 0 Å². The van der Waals surface area contributed by atoms with Gasteiger partial charge in [-0.25, -0.2) is 0 Å². The zero-order chi connectivity index (χ0) is 11.2. The number of aryl methyl sites for hydroxylation is 1. The third kappa shape index (κ3) is 2.62. The molecule has 0 radical (unpaired) electrons. The van der Waals surface area contributed by atoms with Crippen LogP contribution >= 0.6 is 0 Å². The standard InChI is InChI=1S/C11H15N5/c1-2-3-6-9-16-14-11(13-15-16)10-7-4-5-8-12-10/h4-5,7-8H,2-3,6,9H2,1H3. The van der Waals surface area contributed by atoms with Gasteiger partial charge in [0.05, 0.1) is 6.54 Å². The maximum Gasteiger partial charge on any atom is 0.223 e. The summed E-state index contributed by atoms with van der Waals surface area (Å²) in [5.74, 6) is 0.595. The van der Waals surface area contributed by atoms with Gasteiger partial charge in [0.25, 0.3) is 0 Å². The fourth-order valence-corrected chi connectivity index (χ4v) is 1.44. The van der Waals surface area contributed by atoms with Crippen molar-refractivity contribution >= 4 is 0 Å². The van der Waals surface area contributed by atoms with Gasteiger partial charge in [0, 0.05) is 6.20 Å². The number of aromatic nitrogens is 5. The summed E-state index contributed by atoms with van der Waals surface area (Å²) in [6.45, 7) is 3.00. The Morgan fingerprint density at radius 1 is 1.25 bits per heavy atom. The quantitative estimate of drug-likeness (QED) is 0.718. The van der Waals surface area contributed by atoms with Crippen LogP contribution in [0.5, 0.6) is 0 Å². The van der Waals surface area contributed by atoms with Crippen molar-refractivity contribution in [3.63, 3.8) is 0 Å². The third-order valence-corrected chi connectivity index (χ3v) is 2.31. The normalized spacial score (nSPS) is 10.6. The van der Waals surface area contributed by atoms with Crippen molar-refractivity contribution in [3.8, 4) is 11.5 Å². The Hall–Kier alpha value is -1.78. The molecule has 0 amide bonds. The molecule has 0 N–H and O–H groups in total. The lowest BCUT2D eigenvalue weighted by Gasteiger charge is -1.96. The summed E-state index contributed by atoms with van der Waals surface area (Å²) in [7, 11) is 0. The molecule has 0 saturated carbocycles. The van der Waals surface area contributed by atoms with Gasteiger partial charge in [-0.3, -0.25) is 4.98 Å². The average molecular weight is 217 g/mol. The SMILES string of the molecule is CCCCCn1nnc(-c2ccccn2)n1. The molecule has 0 bridgehead atoms. The molecule has 2 aromatic heterocycles. The molecule has 2 aromatic rings. The lowest BCUT2D eigenvalue weighted by atomic mass is 10.2. The molecule has 0 aliphatic heterocycles. The van der Waals surface area contributed by atoms with Gasteiger partial charge >= 0.3 is 0 Å². The van der Waals surface area contributed by atoms with Crippen molar-refractivity contribution in [3.05, 3.63) is 24.4 Å². The Morgan fingerprint density at radius 2 is 2.19 bits per heavy atom. The molecule has 2 rings (SSSR count). The molecule has 0 aliphatic carbocycles. The van der Waals surface area contributed by atoms with E-state index in [1.165, 1.54) is 12.8 Å². The highest BCUT2D eigenvalue weighted by Gasteiger charge is 2.05. The molecule has 0 aromatic carbocycles. The molecule has 5 nitrogen and oxygen atoms in total. The molecular weight excluding hydrogens is 202 g/mol. The number of hydrogen-bond donors (Lipinski definition) is 0. The van der Waals surface area contributed by atoms with E-state index in [1.54, 1.807) is 11.0 Å². The van der Waals surface area contributed by atoms with Gasteiger partial charge in [-0.15, -0.1) is 10.2 Å². The average Bonchev–Trinajstić information content (AvgIpc) is 2.79. The third-order valence-electron chi connectivity index (χ3n) is 2.31. The number of unbranched alkanes of at least 4 members (excludes halogenated alkanes) is 2. The Labute approximate surface area is 94.5 Å². The summed E-state index contributed by atoms with van der Waals surface area (Å²) in [6, 6.07) is 5.67. The smallest absolute Gasteiger partial charge is 0.223 e. The zero-order valence-corrected chi connectivity index (χ0v) is 9.37. The van der Waals surface area contributed by atoms with Crippen molar-refractivity contribution in [1.29, 1.82) is 0 Å². The highest BCUT2D eigenvalue weighted by atomic mass is 15.6. The number of nitrogens with zero attached hydrogens (tertiary/aromatic N) is 5. The number of rotatable bonds is 5. The van der Waals surface area contributed by atoms with Gasteiger partial charge in [0.1, 0.15) is 5.69 Å². The lowest BCUT2D eigenvalue weighted by Crippen LogP contribution is -2.02. The van der Waals surface area contributed by atoms with Gasteiger partial charge in [0.2, 0.25) is 5.82 Å². The van der Waals surface area contributed by atoms with E-state index in [-0.39, 0.29) is 0 Å². The van der Waals surface area contributed by atoms with E-state index in [9.17, 15) is 0 Å². The molecule has 0 unspecified atom stereocenters. The Kier molecular flexibility index (Phi) is 3.58. The van der Waals surface area contributed by atoms with Crippen LogP contribution in [-0.4, -0.2) is 25.2 Å². The molecular formula is C11H15N5. The van der Waals surface area contributed by atoms with Crippen LogP contribution in [0.25, 0.3) is 11.5 Å². The highest BCUT2D eigenvalue weighted by molar-refractivity contribution is 5.46. The number of hydrogen-bond acceptors (Lipinski definition) is 4. The maximum absolute atomic E-state index is 4.28. The zero-order valence-electron chi connectivity index (χ0n) is 9.37. The Morgan fingerprint density at radius 3 is 2.94 bits per heavy atom. The van der Waals surface area contributed by atoms with Gasteiger partial charge in [0.15, 0.2) is 0 Å². The van der Waals surface area contributed by atoms with Crippen LogP contribution < -0.4 is 0 Å². The number of pyridine rings is 1. The molecule has 0 fully saturated rings. The summed E-state index contributed by atoms with van der Waals surface area (Å²) in [5, 5.41) is 12.3. The van der Waals surface area contributed by atoms with Crippen molar-refractivity contribution < 1.29 is 0 Å². The maximum atomic E-state index is 4.28. The second kappa shape index (κ2) is 5.34. The fraction of sp³-hybridized carbons (Fsp3) is 0.455. The minimum Gasteiger partial charge on any atom is -0.253 e. The second-order valence-corrected chi connectivity index (χ2v) is 3.63. The molecule has 0 aliphatic rings. The van der Waals surface area contributed by atoms with Gasteiger partial charge in [-0.1, -0.05) is 25.8 Å². The molecule has 5 heteroatoms. The summed E-state index contributed by atoms with van der Waals surface area (Å²) in [4.78, 5) is 5.82. The van der Waals surface area contributed by atoms with Crippen LogP contribution in [0.1, 0.15) is 26.2 Å². The van der Waals surface area contributed by atoms with Crippen molar-refractivity contribution in [1.82, 2.24) is 25.2 Å². The van der Waals surface area contributed by atoms with E-state index >= 15 is 0 Å². The predicted octanol–water partition coefficient (Wildman–Crippen LogP) is 1.93. The number of tetrazole rings is 1. The topological polar surface area (TPSA) is 56.5 Å². The Bertz CT molecular complexity index is 423. The predicted molar refractivity (Wildman–Crippen MR) is 60.6 cm³/mol. The lowest BCUT2D eigenvalue weighted by molar-refractivity contribution is 0.486. The van der Waals surface area contributed by atoms with E-state index < -0.39 is 0 Å². The largest absolute Gasteiger partial charge is 0.253 e. The van der Waals surface area contributed by atoms with Crippen LogP contribution in [-0.2, 0) is 6.54 Å². The van der Waals surface area contributed by atoms with E-state index in [2.05, 4.69) is 27.3 Å². The van der Waals surface area contributed by atoms with E-state index in [4.69, 9.17) is 0 Å². The van der Waals surface area contributed by atoms with Gasteiger partial charge < -0.3 is 0 Å².